The molecule has 0 aliphatic rings. The molecule has 2 heterocycles. The maximum Gasteiger partial charge on any atom is 0.273 e. The minimum absolute atomic E-state index is 0.330. The van der Waals surface area contributed by atoms with Crippen LogP contribution < -0.4 is 10.1 Å². The first-order valence-electron chi connectivity index (χ1n) is 8.23. The number of H-pyrrole nitrogens is 1. The molecule has 0 unspecified atom stereocenters. The second-order valence-corrected chi connectivity index (χ2v) is 6.97. The highest BCUT2D eigenvalue weighted by Gasteiger charge is 2.14. The van der Waals surface area contributed by atoms with Gasteiger partial charge < -0.3 is 9.72 Å². The van der Waals surface area contributed by atoms with E-state index in [1.165, 1.54) is 23.5 Å². The fourth-order valence-electron chi connectivity index (χ4n) is 2.87. The highest BCUT2D eigenvalue weighted by molar-refractivity contribution is 7.14. The molecule has 7 heteroatoms. The van der Waals surface area contributed by atoms with Crippen molar-refractivity contribution in [3.8, 4) is 17.0 Å². The zero-order valence-corrected chi connectivity index (χ0v) is 15.5. The Bertz CT molecular complexity index is 1150. The molecule has 0 bridgehead atoms. The molecule has 0 radical (unpaired) electrons. The van der Waals surface area contributed by atoms with Gasteiger partial charge in [-0.05, 0) is 43.3 Å². The number of hydrogen-bond donors (Lipinski definition) is 2. The van der Waals surface area contributed by atoms with Gasteiger partial charge in [-0.2, -0.15) is 0 Å². The SMILES string of the molecule is COc1ccc(C)cc1-c1csc(NC(=O)c2cc3cc(F)ccc3[nH]2)n1. The Balaban J connectivity index is 1.58. The third-order valence-corrected chi connectivity index (χ3v) is 4.94. The number of aromatic amines is 1. The Labute approximate surface area is 158 Å². The number of halogens is 1. The predicted octanol–water partition coefficient (Wildman–Crippen LogP) is 5.00. The van der Waals surface area contributed by atoms with Gasteiger partial charge in [0.1, 0.15) is 17.3 Å². The molecular weight excluding hydrogens is 365 g/mol. The molecule has 2 aromatic heterocycles. The summed E-state index contributed by atoms with van der Waals surface area (Å²) in [6, 6.07) is 11.8. The van der Waals surface area contributed by atoms with E-state index in [0.29, 0.717) is 21.7 Å². The van der Waals surface area contributed by atoms with Crippen LogP contribution in [0.25, 0.3) is 22.2 Å². The highest BCUT2D eigenvalue weighted by Crippen LogP contribution is 2.33. The normalized spacial score (nSPS) is 10.9. The molecule has 4 aromatic rings. The topological polar surface area (TPSA) is 67.0 Å². The van der Waals surface area contributed by atoms with E-state index in [9.17, 15) is 9.18 Å². The number of ether oxygens (including phenoxy) is 1. The molecule has 0 atom stereocenters. The lowest BCUT2D eigenvalue weighted by Crippen LogP contribution is -2.11. The summed E-state index contributed by atoms with van der Waals surface area (Å²) in [4.78, 5) is 20.0. The van der Waals surface area contributed by atoms with Crippen molar-refractivity contribution in [1.29, 1.82) is 0 Å². The summed E-state index contributed by atoms with van der Waals surface area (Å²) in [5.74, 6) is 0.0512. The number of carbonyl (C=O) groups is 1. The number of nitrogens with one attached hydrogen (secondary N) is 2. The molecule has 0 saturated carbocycles. The highest BCUT2D eigenvalue weighted by atomic mass is 32.1. The van der Waals surface area contributed by atoms with Crippen LogP contribution in [0, 0.1) is 12.7 Å². The second kappa shape index (κ2) is 6.85. The number of aryl methyl sites for hydroxylation is 1. The van der Waals surface area contributed by atoms with E-state index in [1.807, 2.05) is 30.5 Å². The van der Waals surface area contributed by atoms with Crippen molar-refractivity contribution in [2.24, 2.45) is 0 Å². The van der Waals surface area contributed by atoms with Crippen LogP contribution in [-0.2, 0) is 0 Å². The number of methoxy groups -OCH3 is 1. The first kappa shape index (κ1) is 17.2. The van der Waals surface area contributed by atoms with Crippen LogP contribution in [0.2, 0.25) is 0 Å². The van der Waals surface area contributed by atoms with Crippen LogP contribution in [0.15, 0.2) is 47.8 Å². The van der Waals surface area contributed by atoms with Gasteiger partial charge >= 0.3 is 0 Å². The van der Waals surface area contributed by atoms with Crippen LogP contribution in [0.3, 0.4) is 0 Å². The fraction of sp³-hybridized carbons (Fsp3) is 0.100. The summed E-state index contributed by atoms with van der Waals surface area (Å²) < 4.78 is 18.7. The van der Waals surface area contributed by atoms with Crippen LogP contribution in [0.1, 0.15) is 16.1 Å². The monoisotopic (exact) mass is 381 g/mol. The lowest BCUT2D eigenvalue weighted by molar-refractivity contribution is 0.102. The van der Waals surface area contributed by atoms with Crippen LogP contribution >= 0.6 is 11.3 Å². The van der Waals surface area contributed by atoms with E-state index in [4.69, 9.17) is 4.74 Å². The Hall–Kier alpha value is -3.19. The molecule has 1 amide bonds. The number of benzene rings is 2. The average Bonchev–Trinajstić information content (AvgIpc) is 3.28. The minimum atomic E-state index is -0.342. The number of anilines is 1. The van der Waals surface area contributed by atoms with Crippen LogP contribution in [0.5, 0.6) is 5.75 Å². The Kier molecular flexibility index (Phi) is 4.37. The molecule has 0 aliphatic heterocycles. The van der Waals surface area contributed by atoms with Crippen molar-refractivity contribution in [2.45, 2.75) is 6.92 Å². The van der Waals surface area contributed by atoms with E-state index in [2.05, 4.69) is 15.3 Å². The smallest absolute Gasteiger partial charge is 0.273 e. The minimum Gasteiger partial charge on any atom is -0.496 e. The quantitative estimate of drug-likeness (QED) is 0.523. The van der Waals surface area contributed by atoms with Gasteiger partial charge in [-0.25, -0.2) is 9.37 Å². The van der Waals surface area contributed by atoms with E-state index < -0.39 is 0 Å². The first-order valence-corrected chi connectivity index (χ1v) is 9.11. The summed E-state index contributed by atoms with van der Waals surface area (Å²) in [6.45, 7) is 2.00. The largest absolute Gasteiger partial charge is 0.496 e. The van der Waals surface area contributed by atoms with Crippen molar-refractivity contribution < 1.29 is 13.9 Å². The van der Waals surface area contributed by atoms with Gasteiger partial charge in [-0.1, -0.05) is 11.6 Å². The lowest BCUT2D eigenvalue weighted by Gasteiger charge is -2.07. The number of rotatable bonds is 4. The number of carbonyl (C=O) groups excluding carboxylic acids is 1. The molecule has 0 spiro atoms. The van der Waals surface area contributed by atoms with Gasteiger partial charge in [-0.15, -0.1) is 11.3 Å². The summed E-state index contributed by atoms with van der Waals surface area (Å²) in [7, 11) is 1.61. The third-order valence-electron chi connectivity index (χ3n) is 4.18. The number of nitrogens with zero attached hydrogens (tertiary/aromatic N) is 1. The van der Waals surface area contributed by atoms with Crippen molar-refractivity contribution in [3.05, 3.63) is 64.9 Å². The van der Waals surface area contributed by atoms with Crippen molar-refractivity contribution in [1.82, 2.24) is 9.97 Å². The predicted molar refractivity (Wildman–Crippen MR) is 105 cm³/mol. The maximum absolute atomic E-state index is 13.3. The number of aromatic nitrogens is 2. The average molecular weight is 381 g/mol. The number of fused-ring (bicyclic) bond motifs is 1. The molecule has 0 saturated heterocycles. The molecule has 0 fully saturated rings. The number of thiazole rings is 1. The maximum atomic E-state index is 13.3. The Morgan fingerprint density at radius 2 is 2.07 bits per heavy atom. The first-order chi connectivity index (χ1) is 13.0. The number of amides is 1. The summed E-state index contributed by atoms with van der Waals surface area (Å²) in [5, 5.41) is 5.77. The Morgan fingerprint density at radius 1 is 1.22 bits per heavy atom. The molecule has 27 heavy (non-hydrogen) atoms. The summed E-state index contributed by atoms with van der Waals surface area (Å²) in [6.07, 6.45) is 0. The van der Waals surface area contributed by atoms with Crippen LogP contribution in [0.4, 0.5) is 9.52 Å². The van der Waals surface area contributed by atoms with Crippen molar-refractivity contribution in [3.63, 3.8) is 0 Å². The zero-order valence-electron chi connectivity index (χ0n) is 14.7. The Morgan fingerprint density at radius 3 is 2.89 bits per heavy atom. The van der Waals surface area contributed by atoms with Crippen molar-refractivity contribution >= 4 is 33.3 Å². The molecule has 5 nitrogen and oxygen atoms in total. The second-order valence-electron chi connectivity index (χ2n) is 6.11. The van der Waals surface area contributed by atoms with E-state index >= 15 is 0 Å². The van der Waals surface area contributed by atoms with Gasteiger partial charge in [0, 0.05) is 21.8 Å². The third kappa shape index (κ3) is 3.41. The fourth-order valence-corrected chi connectivity index (χ4v) is 3.57. The summed E-state index contributed by atoms with van der Waals surface area (Å²) in [5.41, 5.74) is 3.74. The van der Waals surface area contributed by atoms with Gasteiger partial charge in [-0.3, -0.25) is 10.1 Å². The molecule has 2 aromatic carbocycles. The van der Waals surface area contributed by atoms with E-state index in [1.54, 1.807) is 19.2 Å². The zero-order chi connectivity index (χ0) is 19.0. The van der Waals surface area contributed by atoms with Gasteiger partial charge in [0.25, 0.3) is 5.91 Å². The molecule has 4 rings (SSSR count). The van der Waals surface area contributed by atoms with Gasteiger partial charge in [0.2, 0.25) is 0 Å². The number of hydrogen-bond acceptors (Lipinski definition) is 4. The molecule has 136 valence electrons. The van der Waals surface area contributed by atoms with Crippen molar-refractivity contribution in [2.75, 3.05) is 12.4 Å². The van der Waals surface area contributed by atoms with E-state index in [-0.39, 0.29) is 11.7 Å². The van der Waals surface area contributed by atoms with Crippen LogP contribution in [-0.4, -0.2) is 23.0 Å². The van der Waals surface area contributed by atoms with Gasteiger partial charge in [0.05, 0.1) is 12.8 Å². The van der Waals surface area contributed by atoms with Gasteiger partial charge in [0.15, 0.2) is 5.13 Å². The molecule has 0 aliphatic carbocycles. The van der Waals surface area contributed by atoms with E-state index in [0.717, 1.165) is 22.6 Å². The molecule has 2 N–H and O–H groups in total. The summed E-state index contributed by atoms with van der Waals surface area (Å²) >= 11 is 1.33. The lowest BCUT2D eigenvalue weighted by atomic mass is 10.1. The standard InChI is InChI=1S/C20H16FN3O2S/c1-11-3-6-18(26-2)14(7-11)17-10-27-20(23-17)24-19(25)16-9-12-8-13(21)4-5-15(12)22-16/h3-10,22H,1-2H3,(H,23,24,25). The molecular formula is C20H16FN3O2S.